The van der Waals surface area contributed by atoms with Crippen molar-refractivity contribution >= 4 is 5.91 Å². The zero-order valence-electron chi connectivity index (χ0n) is 9.03. The Hall–Kier alpha value is -2.10. The van der Waals surface area contributed by atoms with Crippen LogP contribution >= 0.6 is 0 Å². The van der Waals surface area contributed by atoms with Crippen LogP contribution in [0.1, 0.15) is 23.0 Å². The van der Waals surface area contributed by atoms with Crippen LogP contribution < -0.4 is 5.73 Å². The maximum absolute atomic E-state index is 10.9. The fraction of sp³-hybridized carbons (Fsp3) is 0.167. The van der Waals surface area contributed by atoms with Crippen LogP contribution in [-0.2, 0) is 6.42 Å². The third-order valence-electron chi connectivity index (χ3n) is 2.50. The Morgan fingerprint density at radius 2 is 2.06 bits per heavy atom. The van der Waals surface area contributed by atoms with Crippen molar-refractivity contribution in [2.24, 2.45) is 5.73 Å². The van der Waals surface area contributed by atoms with Crippen LogP contribution in [0.25, 0.3) is 11.3 Å². The summed E-state index contributed by atoms with van der Waals surface area (Å²) in [5.41, 5.74) is 8.45. The van der Waals surface area contributed by atoms with Gasteiger partial charge in [0.25, 0.3) is 5.91 Å². The van der Waals surface area contributed by atoms with Gasteiger partial charge >= 0.3 is 0 Å². The van der Waals surface area contributed by atoms with E-state index in [1.54, 1.807) is 6.07 Å². The van der Waals surface area contributed by atoms with Crippen molar-refractivity contribution in [2.75, 3.05) is 0 Å². The predicted molar refractivity (Wildman–Crippen MR) is 61.9 cm³/mol. The molecule has 0 aliphatic heterocycles. The van der Waals surface area contributed by atoms with E-state index in [2.05, 4.69) is 17.1 Å². The number of H-pyrrole nitrogens is 1. The molecule has 0 saturated heterocycles. The molecule has 0 unspecified atom stereocenters. The molecular formula is C12H13N3O. The van der Waals surface area contributed by atoms with Crippen LogP contribution in [0.5, 0.6) is 0 Å². The summed E-state index contributed by atoms with van der Waals surface area (Å²) in [5.74, 6) is -0.496. The number of nitrogens with one attached hydrogen (secondary N) is 1. The van der Waals surface area contributed by atoms with Gasteiger partial charge in [0.1, 0.15) is 5.69 Å². The second-order valence-electron chi connectivity index (χ2n) is 3.58. The lowest BCUT2D eigenvalue weighted by molar-refractivity contribution is 0.0995. The number of aryl methyl sites for hydroxylation is 1. The topological polar surface area (TPSA) is 71.8 Å². The molecule has 0 saturated carbocycles. The second kappa shape index (κ2) is 4.18. The van der Waals surface area contributed by atoms with Crippen molar-refractivity contribution < 1.29 is 4.79 Å². The number of hydrogen-bond acceptors (Lipinski definition) is 2. The first-order valence-electron chi connectivity index (χ1n) is 5.15. The van der Waals surface area contributed by atoms with Gasteiger partial charge in [-0.25, -0.2) is 0 Å². The van der Waals surface area contributed by atoms with Gasteiger partial charge in [0.15, 0.2) is 0 Å². The van der Waals surface area contributed by atoms with Gasteiger partial charge in [-0.2, -0.15) is 5.10 Å². The number of primary amides is 1. The summed E-state index contributed by atoms with van der Waals surface area (Å²) in [6.45, 7) is 2.11. The van der Waals surface area contributed by atoms with Crippen molar-refractivity contribution in [1.82, 2.24) is 10.2 Å². The van der Waals surface area contributed by atoms with Crippen molar-refractivity contribution in [3.05, 3.63) is 41.6 Å². The van der Waals surface area contributed by atoms with Gasteiger partial charge in [-0.05, 0) is 18.1 Å². The largest absolute Gasteiger partial charge is 0.364 e. The van der Waals surface area contributed by atoms with Crippen molar-refractivity contribution in [3.8, 4) is 11.3 Å². The molecule has 0 fully saturated rings. The average molecular weight is 215 g/mol. The van der Waals surface area contributed by atoms with Gasteiger partial charge in [-0.15, -0.1) is 0 Å². The number of carbonyl (C=O) groups excluding carboxylic acids is 1. The van der Waals surface area contributed by atoms with Gasteiger partial charge in [0.2, 0.25) is 0 Å². The molecule has 3 N–H and O–H groups in total. The molecule has 2 rings (SSSR count). The van der Waals surface area contributed by atoms with E-state index in [0.717, 1.165) is 17.7 Å². The van der Waals surface area contributed by atoms with Crippen LogP contribution in [0.4, 0.5) is 0 Å². The number of aromatic nitrogens is 2. The van der Waals surface area contributed by atoms with Gasteiger partial charge in [-0.1, -0.05) is 31.2 Å². The third kappa shape index (κ3) is 1.95. The molecule has 0 radical (unpaired) electrons. The molecule has 0 spiro atoms. The van der Waals surface area contributed by atoms with Crippen LogP contribution in [-0.4, -0.2) is 16.1 Å². The molecule has 1 amide bonds. The highest BCUT2D eigenvalue weighted by Gasteiger charge is 2.07. The van der Waals surface area contributed by atoms with E-state index < -0.39 is 5.91 Å². The maximum atomic E-state index is 10.9. The van der Waals surface area contributed by atoms with Crippen LogP contribution in [0.2, 0.25) is 0 Å². The summed E-state index contributed by atoms with van der Waals surface area (Å²) in [4.78, 5) is 10.9. The van der Waals surface area contributed by atoms with Gasteiger partial charge in [-0.3, -0.25) is 9.89 Å². The van der Waals surface area contributed by atoms with Crippen molar-refractivity contribution in [3.63, 3.8) is 0 Å². The second-order valence-corrected chi connectivity index (χ2v) is 3.58. The first-order chi connectivity index (χ1) is 7.70. The van der Waals surface area contributed by atoms with E-state index in [0.29, 0.717) is 5.69 Å². The van der Waals surface area contributed by atoms with Crippen molar-refractivity contribution in [1.29, 1.82) is 0 Å². The van der Waals surface area contributed by atoms with Crippen molar-refractivity contribution in [2.45, 2.75) is 13.3 Å². The van der Waals surface area contributed by atoms with E-state index in [9.17, 15) is 4.79 Å². The van der Waals surface area contributed by atoms with Crippen LogP contribution in [0.15, 0.2) is 30.3 Å². The number of rotatable bonds is 3. The summed E-state index contributed by atoms with van der Waals surface area (Å²) < 4.78 is 0. The summed E-state index contributed by atoms with van der Waals surface area (Å²) in [5, 5.41) is 6.65. The lowest BCUT2D eigenvalue weighted by atomic mass is 10.1. The number of nitrogens with zero attached hydrogens (tertiary/aromatic N) is 1. The number of nitrogens with two attached hydrogens (primary N) is 1. The Labute approximate surface area is 93.5 Å². The first kappa shape index (κ1) is 10.4. The zero-order valence-corrected chi connectivity index (χ0v) is 9.03. The first-order valence-corrected chi connectivity index (χ1v) is 5.15. The summed E-state index contributed by atoms with van der Waals surface area (Å²) >= 11 is 0. The molecule has 0 atom stereocenters. The monoisotopic (exact) mass is 215 g/mol. The third-order valence-corrected chi connectivity index (χ3v) is 2.50. The van der Waals surface area contributed by atoms with E-state index in [4.69, 9.17) is 5.73 Å². The van der Waals surface area contributed by atoms with E-state index in [-0.39, 0.29) is 0 Å². The summed E-state index contributed by atoms with van der Waals surface area (Å²) in [6, 6.07) is 9.73. The fourth-order valence-corrected chi connectivity index (χ4v) is 1.51. The Morgan fingerprint density at radius 3 is 2.56 bits per heavy atom. The molecule has 0 aliphatic carbocycles. The van der Waals surface area contributed by atoms with E-state index in [1.807, 2.05) is 24.3 Å². The lowest BCUT2D eigenvalue weighted by Gasteiger charge is -1.98. The number of benzene rings is 1. The molecule has 0 aliphatic rings. The Bertz CT molecular complexity index is 499. The number of carbonyl (C=O) groups is 1. The van der Waals surface area contributed by atoms with Gasteiger partial charge < -0.3 is 5.73 Å². The Kier molecular flexibility index (Phi) is 2.72. The number of amides is 1. The quantitative estimate of drug-likeness (QED) is 0.818. The van der Waals surface area contributed by atoms with E-state index in [1.165, 1.54) is 5.56 Å². The number of aromatic amines is 1. The molecule has 4 heteroatoms. The molecule has 1 aromatic carbocycles. The number of hydrogen-bond donors (Lipinski definition) is 2. The minimum absolute atomic E-state index is 0.328. The molecular weight excluding hydrogens is 202 g/mol. The maximum Gasteiger partial charge on any atom is 0.266 e. The molecule has 82 valence electrons. The SMILES string of the molecule is CCc1ccc(-c2cc(C(N)=O)[nH]n2)cc1. The highest BCUT2D eigenvalue weighted by molar-refractivity contribution is 5.91. The molecule has 2 aromatic rings. The van der Waals surface area contributed by atoms with Gasteiger partial charge in [0.05, 0.1) is 5.69 Å². The molecule has 1 aromatic heterocycles. The summed E-state index contributed by atoms with van der Waals surface area (Å²) in [7, 11) is 0. The highest BCUT2D eigenvalue weighted by atomic mass is 16.1. The smallest absolute Gasteiger partial charge is 0.266 e. The lowest BCUT2D eigenvalue weighted by Crippen LogP contribution is -2.10. The Balaban J connectivity index is 2.31. The minimum atomic E-state index is -0.496. The average Bonchev–Trinajstić information content (AvgIpc) is 2.78. The molecule has 0 bridgehead atoms. The standard InChI is InChI=1S/C12H13N3O/c1-2-8-3-5-9(6-4-8)10-7-11(12(13)16)15-14-10/h3-7H,2H2,1H3,(H2,13,16)(H,14,15). The Morgan fingerprint density at radius 1 is 1.38 bits per heavy atom. The van der Waals surface area contributed by atoms with Gasteiger partial charge in [0, 0.05) is 5.56 Å². The van der Waals surface area contributed by atoms with Crippen LogP contribution in [0, 0.1) is 0 Å². The fourth-order valence-electron chi connectivity index (χ4n) is 1.51. The minimum Gasteiger partial charge on any atom is -0.364 e. The normalized spacial score (nSPS) is 10.3. The van der Waals surface area contributed by atoms with Crippen LogP contribution in [0.3, 0.4) is 0 Å². The zero-order chi connectivity index (χ0) is 11.5. The highest BCUT2D eigenvalue weighted by Crippen LogP contribution is 2.18. The molecule has 16 heavy (non-hydrogen) atoms. The summed E-state index contributed by atoms with van der Waals surface area (Å²) in [6.07, 6.45) is 1.01. The predicted octanol–water partition coefficient (Wildman–Crippen LogP) is 1.74. The van der Waals surface area contributed by atoms with E-state index >= 15 is 0 Å². The molecule has 4 nitrogen and oxygen atoms in total. The molecule has 1 heterocycles.